The largest absolute Gasteiger partial charge is 0.508 e. The number of likely N-dealkylation sites (tertiary alicyclic amines) is 2. The summed E-state index contributed by atoms with van der Waals surface area (Å²) in [6.07, 6.45) is 31.2. The molecule has 0 bridgehead atoms. The van der Waals surface area contributed by atoms with Crippen LogP contribution in [0.5, 0.6) is 11.5 Å². The minimum atomic E-state index is -2.14. The van der Waals surface area contributed by atoms with E-state index in [-0.39, 0.29) is 75.1 Å². The molecule has 4 N–H and O–H groups in total. The Bertz CT molecular complexity index is 5040. The second kappa shape index (κ2) is 36.4. The van der Waals surface area contributed by atoms with Gasteiger partial charge in [-0.3, -0.25) is 4.79 Å². The van der Waals surface area contributed by atoms with Gasteiger partial charge in [-0.25, -0.2) is 19.0 Å². The van der Waals surface area contributed by atoms with Crippen LogP contribution in [0.25, 0.3) is 34.2 Å². The first kappa shape index (κ1) is 88.1. The van der Waals surface area contributed by atoms with E-state index in [2.05, 4.69) is 164 Å². The van der Waals surface area contributed by atoms with Crippen molar-refractivity contribution in [3.05, 3.63) is 188 Å². The maximum atomic E-state index is 13.6. The molecule has 121 heavy (non-hydrogen) atoms. The SMILES string of the molecule is C=C1C=Cc2c([C@H](CCCc3ccc4c(c3)nnn4CCCN3CCC4(CC3)CC(OC(=O)C(O)(c3cccs3)C3CCCC3)C4)O[Si](C)(C)C(C)(C)C)ccc(O)c2C1.CC(C)(C)[Si](C)(C)O[C@@H](CCCc1ccc2c(c1)nnn2CCCN1CCC2(CC1)CC(OC(=O)C(O)(c1ccccc1)C1CCCC1)C2)c1ccc(O)c2c1C=CC(=O)C2. The number of esters is 2. The number of phenolic OH excluding ortho intramolecular Hbond substituents is 2. The monoisotopic (exact) mass is 1700 g/mol. The van der Waals surface area contributed by atoms with Gasteiger partial charge in [-0.15, -0.1) is 21.5 Å². The number of rotatable bonds is 30. The molecule has 5 heterocycles. The van der Waals surface area contributed by atoms with Crippen LogP contribution in [0.2, 0.25) is 36.3 Å². The van der Waals surface area contributed by atoms with Crippen LogP contribution in [0, 0.1) is 22.7 Å². The average molecular weight is 1700 g/mol. The van der Waals surface area contributed by atoms with Crippen LogP contribution >= 0.6 is 11.3 Å². The molecular formula is C99H132N8O11SSi2. The molecule has 4 atom stereocenters. The summed E-state index contributed by atoms with van der Waals surface area (Å²) in [5.41, 5.74) is 11.4. The van der Waals surface area contributed by atoms with Crippen LogP contribution in [0.1, 0.15) is 250 Å². The van der Waals surface area contributed by atoms with E-state index >= 15 is 0 Å². The molecule has 6 aliphatic carbocycles. The maximum Gasteiger partial charge on any atom is 0.344 e. The third-order valence-corrected chi connectivity index (χ3v) is 39.9. The molecule has 19 nitrogen and oxygen atoms in total. The van der Waals surface area contributed by atoms with Gasteiger partial charge in [0.1, 0.15) is 34.7 Å². The zero-order valence-corrected chi connectivity index (χ0v) is 76.4. The molecule has 2 saturated heterocycles. The van der Waals surface area contributed by atoms with E-state index < -0.39 is 39.8 Å². The number of benzene rings is 5. The lowest BCUT2D eigenvalue weighted by molar-refractivity contribution is -0.193. The zero-order valence-electron chi connectivity index (χ0n) is 73.5. The Morgan fingerprint density at radius 1 is 0.545 bits per heavy atom. The molecule has 0 amide bonds. The first-order chi connectivity index (χ1) is 57.8. The molecule has 2 spiro atoms. The molecule has 5 aromatic carbocycles. The Morgan fingerprint density at radius 2 is 0.992 bits per heavy atom. The fraction of sp³-hybridized carbons (Fsp3) is 0.566. The molecule has 2 aliphatic heterocycles. The molecule has 3 aromatic heterocycles. The van der Waals surface area contributed by atoms with Crippen molar-refractivity contribution < 1.29 is 53.1 Å². The molecule has 8 aliphatic rings. The molecule has 22 heteroatoms. The highest BCUT2D eigenvalue weighted by Gasteiger charge is 2.55. The molecule has 0 radical (unpaired) electrons. The van der Waals surface area contributed by atoms with Crippen molar-refractivity contribution in [3.8, 4) is 11.5 Å². The topological polar surface area (TPSA) is 237 Å². The van der Waals surface area contributed by atoms with Crippen molar-refractivity contribution in [1.82, 2.24) is 39.8 Å². The number of ketones is 1. The minimum Gasteiger partial charge on any atom is -0.508 e. The van der Waals surface area contributed by atoms with Gasteiger partial charge in [0.15, 0.2) is 33.6 Å². The lowest BCUT2D eigenvalue weighted by atomic mass is 9.61. The Labute approximate surface area is 723 Å². The fourth-order valence-electron chi connectivity index (χ4n) is 20.4. The van der Waals surface area contributed by atoms with Crippen molar-refractivity contribution in [3.63, 3.8) is 0 Å². The van der Waals surface area contributed by atoms with E-state index in [1.165, 1.54) is 22.5 Å². The van der Waals surface area contributed by atoms with Gasteiger partial charge in [0.2, 0.25) is 0 Å². The van der Waals surface area contributed by atoms with Gasteiger partial charge in [0, 0.05) is 53.8 Å². The number of ether oxygens (including phenoxy) is 2. The van der Waals surface area contributed by atoms with Gasteiger partial charge in [-0.2, -0.15) is 0 Å². The number of carbonyl (C=O) groups is 3. The summed E-state index contributed by atoms with van der Waals surface area (Å²) in [5.74, 6) is -0.533. The standard InChI is InChI=1S/C50H66N4O6Si.C49H66N4O5SSi/c1-48(2,3)61(4,5)60-46(41-22-24-45(56)42-32-38(55)20-21-40(41)42)18-11-13-35-19-23-44-43(31-35)51-52-54(44)28-12-27-53-29-25-49(26-30-53)33-39(34-49)59-47(57)50(58,37-16-9-10-17-37)36-14-7-6-8-15-36;1-34-17-19-38-39(20-22-43(54)40(38)30-34)44(58-60(5,6)47(2,3)4)15-9-12-35-18-21-42-41(31-35)50-51-53(42)26-11-25-52-27-23-48(24-28-52)32-37(33-48)57-46(55)49(56,36-13-7-8-14-36)45-16-10-29-59-45/h6-8,14-15,19-24,31,37,39,46,56,58H,9-13,16-18,25-30,32-34H2,1-5H3;10,16-22,29,31,36-37,44,54,56H,1,7-9,11-15,23-28,30,32-33H2,2-6H3/t46-,50?;44-,49?/m00/s1. The third-order valence-electron chi connectivity index (χ3n) is 29.9. The Morgan fingerprint density at radius 3 is 1.45 bits per heavy atom. The highest BCUT2D eigenvalue weighted by molar-refractivity contribution is 7.10. The van der Waals surface area contributed by atoms with E-state index in [1.54, 1.807) is 12.1 Å². The fourth-order valence-corrected chi connectivity index (χ4v) is 23.9. The Kier molecular flexibility index (Phi) is 26.5. The lowest BCUT2D eigenvalue weighted by Crippen LogP contribution is -2.52. The van der Waals surface area contributed by atoms with Crippen LogP contribution in [0.4, 0.5) is 0 Å². The van der Waals surface area contributed by atoms with E-state index in [0.717, 1.165) is 267 Å². The number of phenols is 2. The van der Waals surface area contributed by atoms with Crippen molar-refractivity contribution in [2.45, 2.75) is 293 Å². The average Bonchev–Trinajstić information content (AvgIpc) is 1.73. The number of piperidine rings is 2. The second-order valence-corrected chi connectivity index (χ2v) is 50.6. The maximum absolute atomic E-state index is 13.6. The lowest BCUT2D eigenvalue weighted by Gasteiger charge is -2.52. The minimum absolute atomic E-state index is 0.00432. The summed E-state index contributed by atoms with van der Waals surface area (Å²) >= 11 is 1.46. The van der Waals surface area contributed by atoms with Crippen molar-refractivity contribution >= 4 is 79.9 Å². The highest BCUT2D eigenvalue weighted by Crippen LogP contribution is 2.55. The van der Waals surface area contributed by atoms with E-state index in [1.807, 2.05) is 70.7 Å². The molecule has 2 unspecified atom stereocenters. The van der Waals surface area contributed by atoms with Crippen LogP contribution in [-0.4, -0.2) is 146 Å². The quantitative estimate of drug-likeness (QED) is 0.0242. The zero-order chi connectivity index (χ0) is 85.3. The molecule has 8 aromatic rings. The summed E-state index contributed by atoms with van der Waals surface area (Å²) in [5, 5.41) is 65.3. The van der Waals surface area contributed by atoms with Gasteiger partial charge in [-0.05, 0) is 308 Å². The summed E-state index contributed by atoms with van der Waals surface area (Å²) < 4.78 is 30.4. The number of aryl methyl sites for hydroxylation is 4. The first-order valence-corrected chi connectivity index (χ1v) is 52.2. The van der Waals surface area contributed by atoms with Crippen LogP contribution in [0.3, 0.4) is 0 Å². The summed E-state index contributed by atoms with van der Waals surface area (Å²) in [7, 11) is -4.23. The number of carbonyl (C=O) groups excluding carboxylic acids is 3. The molecular weight excluding hydrogens is 1570 g/mol. The number of hydrogen-bond donors (Lipinski definition) is 4. The number of aromatic hydroxyl groups is 2. The molecule has 648 valence electrons. The Balaban J connectivity index is 0.000000188. The van der Waals surface area contributed by atoms with Crippen molar-refractivity contribution in [2.75, 3.05) is 39.3 Å². The van der Waals surface area contributed by atoms with Crippen LogP contribution in [0.15, 0.2) is 133 Å². The predicted molar refractivity (Wildman–Crippen MR) is 485 cm³/mol. The van der Waals surface area contributed by atoms with Gasteiger partial charge >= 0.3 is 11.9 Å². The predicted octanol–water partition coefficient (Wildman–Crippen LogP) is 20.3. The molecule has 4 saturated carbocycles. The summed E-state index contributed by atoms with van der Waals surface area (Å²) in [6, 6.07) is 34.0. The number of nitrogens with zero attached hydrogens (tertiary/aromatic N) is 8. The van der Waals surface area contributed by atoms with Gasteiger partial charge in [0.05, 0.1) is 23.2 Å². The van der Waals surface area contributed by atoms with E-state index in [9.17, 15) is 34.8 Å². The van der Waals surface area contributed by atoms with Crippen LogP contribution < -0.4 is 0 Å². The van der Waals surface area contributed by atoms with E-state index in [4.69, 9.17) is 18.3 Å². The normalized spacial score (nSPS) is 20.2. The number of thiophene rings is 1. The summed E-state index contributed by atoms with van der Waals surface area (Å²) in [6.45, 7) is 34.9. The molecule has 16 rings (SSSR count). The number of allylic oxidation sites excluding steroid dienone is 3. The van der Waals surface area contributed by atoms with Gasteiger partial charge in [0.25, 0.3) is 0 Å². The second-order valence-electron chi connectivity index (χ2n) is 40.2. The van der Waals surface area contributed by atoms with Crippen molar-refractivity contribution in [2.24, 2.45) is 22.7 Å². The smallest absolute Gasteiger partial charge is 0.344 e. The number of hydrogen-bond acceptors (Lipinski definition) is 18. The number of fused-ring (bicyclic) bond motifs is 4. The van der Waals surface area contributed by atoms with Gasteiger partial charge in [-0.1, -0.05) is 169 Å². The summed E-state index contributed by atoms with van der Waals surface area (Å²) in [4.78, 5) is 45.2. The van der Waals surface area contributed by atoms with Crippen LogP contribution in [-0.2, 0) is 82.7 Å². The first-order valence-electron chi connectivity index (χ1n) is 45.5. The van der Waals surface area contributed by atoms with E-state index in [0.29, 0.717) is 23.3 Å². The number of aromatic nitrogens is 6. The number of aliphatic hydroxyl groups is 2. The van der Waals surface area contributed by atoms with Crippen molar-refractivity contribution in [1.29, 1.82) is 0 Å². The Hall–Kier alpha value is -7.78. The highest BCUT2D eigenvalue weighted by atomic mass is 32.1. The van der Waals surface area contributed by atoms with Gasteiger partial charge < -0.3 is 48.6 Å². The third kappa shape index (κ3) is 19.4. The molecule has 6 fully saturated rings.